The van der Waals surface area contributed by atoms with E-state index in [1.165, 1.54) is 6.20 Å². The molecule has 4 N–H and O–H groups in total. The van der Waals surface area contributed by atoms with Crippen molar-refractivity contribution in [1.29, 1.82) is 0 Å². The predicted molar refractivity (Wildman–Crippen MR) is 79.1 cm³/mol. The molecule has 2 rings (SSSR count). The molecule has 0 saturated heterocycles. The average Bonchev–Trinajstić information content (AvgIpc) is 2.50. The highest BCUT2D eigenvalue weighted by Crippen LogP contribution is 2.14. The highest BCUT2D eigenvalue weighted by atomic mass is 19.1. The van der Waals surface area contributed by atoms with Gasteiger partial charge in [-0.3, -0.25) is 4.79 Å². The molecule has 0 aliphatic heterocycles. The molecule has 0 atom stereocenters. The summed E-state index contributed by atoms with van der Waals surface area (Å²) in [5, 5.41) is 2.77. The molecule has 110 valence electrons. The number of hydrogen-bond acceptors (Lipinski definition) is 4. The van der Waals surface area contributed by atoms with Crippen molar-refractivity contribution in [3.63, 3.8) is 0 Å². The summed E-state index contributed by atoms with van der Waals surface area (Å²) in [6, 6.07) is 6.68. The minimum absolute atomic E-state index is 0.209. The third-order valence-electron chi connectivity index (χ3n) is 3.12. The Bertz CT molecular complexity index is 632. The number of pyridine rings is 1. The minimum Gasteiger partial charge on any atom is -0.348 e. The van der Waals surface area contributed by atoms with Gasteiger partial charge in [0, 0.05) is 12.7 Å². The molecule has 0 spiro atoms. The van der Waals surface area contributed by atoms with Gasteiger partial charge in [0.15, 0.2) is 0 Å². The molecular formula is C15H17FN4O. The van der Waals surface area contributed by atoms with Crippen LogP contribution in [0.25, 0.3) is 0 Å². The van der Waals surface area contributed by atoms with Crippen molar-refractivity contribution < 1.29 is 9.18 Å². The molecule has 21 heavy (non-hydrogen) atoms. The standard InChI is InChI=1S/C15H17FN4O/c1-9-5-11(6-10(2)14(9)16)7-19-15(21)12-3-4-13(20-17)18-8-12/h3-6,8H,7,17H2,1-2H3,(H,18,20)(H,19,21). The maximum atomic E-state index is 13.5. The maximum Gasteiger partial charge on any atom is 0.253 e. The van der Waals surface area contributed by atoms with Crippen LogP contribution in [0.5, 0.6) is 0 Å². The number of nitrogens with one attached hydrogen (secondary N) is 2. The van der Waals surface area contributed by atoms with Gasteiger partial charge < -0.3 is 10.7 Å². The van der Waals surface area contributed by atoms with Crippen LogP contribution in [0.4, 0.5) is 10.2 Å². The second-order valence-corrected chi connectivity index (χ2v) is 4.80. The third-order valence-corrected chi connectivity index (χ3v) is 3.12. The number of hydrogen-bond donors (Lipinski definition) is 3. The fraction of sp³-hybridized carbons (Fsp3) is 0.200. The zero-order valence-corrected chi connectivity index (χ0v) is 11.9. The van der Waals surface area contributed by atoms with Crippen molar-refractivity contribution in [3.05, 3.63) is 58.5 Å². The number of anilines is 1. The first kappa shape index (κ1) is 14.9. The molecule has 1 aromatic heterocycles. The number of halogens is 1. The van der Waals surface area contributed by atoms with E-state index < -0.39 is 0 Å². The molecule has 0 unspecified atom stereocenters. The average molecular weight is 288 g/mol. The number of carbonyl (C=O) groups is 1. The Morgan fingerprint density at radius 3 is 2.48 bits per heavy atom. The molecule has 6 heteroatoms. The number of hydrazine groups is 1. The van der Waals surface area contributed by atoms with Gasteiger partial charge >= 0.3 is 0 Å². The lowest BCUT2D eigenvalue weighted by molar-refractivity contribution is 0.0950. The van der Waals surface area contributed by atoms with Gasteiger partial charge in [-0.15, -0.1) is 0 Å². The Kier molecular flexibility index (Phi) is 4.49. The smallest absolute Gasteiger partial charge is 0.253 e. The van der Waals surface area contributed by atoms with Crippen LogP contribution in [0.1, 0.15) is 27.0 Å². The largest absolute Gasteiger partial charge is 0.348 e. The van der Waals surface area contributed by atoms with Gasteiger partial charge in [0.05, 0.1) is 5.56 Å². The molecular weight excluding hydrogens is 271 g/mol. The van der Waals surface area contributed by atoms with E-state index in [9.17, 15) is 9.18 Å². The summed E-state index contributed by atoms with van der Waals surface area (Å²) in [6.07, 6.45) is 1.44. The number of aryl methyl sites for hydroxylation is 2. The summed E-state index contributed by atoms with van der Waals surface area (Å²) >= 11 is 0. The normalized spacial score (nSPS) is 10.3. The fourth-order valence-corrected chi connectivity index (χ4v) is 2.04. The second-order valence-electron chi connectivity index (χ2n) is 4.80. The van der Waals surface area contributed by atoms with E-state index in [4.69, 9.17) is 5.84 Å². The lowest BCUT2D eigenvalue weighted by Crippen LogP contribution is -2.23. The fourth-order valence-electron chi connectivity index (χ4n) is 2.04. The molecule has 1 aromatic carbocycles. The monoisotopic (exact) mass is 288 g/mol. The Morgan fingerprint density at radius 2 is 1.95 bits per heavy atom. The second kappa shape index (κ2) is 6.32. The molecule has 2 aromatic rings. The third kappa shape index (κ3) is 3.55. The summed E-state index contributed by atoms with van der Waals surface area (Å²) < 4.78 is 13.5. The van der Waals surface area contributed by atoms with Crippen molar-refractivity contribution in [1.82, 2.24) is 10.3 Å². The van der Waals surface area contributed by atoms with E-state index in [1.54, 1.807) is 38.1 Å². The SMILES string of the molecule is Cc1cc(CNC(=O)c2ccc(NN)nc2)cc(C)c1F. The number of nitrogens with zero attached hydrogens (tertiary/aromatic N) is 1. The zero-order chi connectivity index (χ0) is 15.4. The summed E-state index contributed by atoms with van der Waals surface area (Å²) in [6.45, 7) is 3.74. The van der Waals surface area contributed by atoms with Crippen molar-refractivity contribution in [2.24, 2.45) is 5.84 Å². The number of aromatic nitrogens is 1. The first-order chi connectivity index (χ1) is 10.0. The predicted octanol–water partition coefficient (Wildman–Crippen LogP) is 2.05. The first-order valence-electron chi connectivity index (χ1n) is 6.47. The summed E-state index contributed by atoms with van der Waals surface area (Å²) in [5.74, 6) is 5.24. The topological polar surface area (TPSA) is 80.0 Å². The van der Waals surface area contributed by atoms with Crippen LogP contribution in [-0.4, -0.2) is 10.9 Å². The highest BCUT2D eigenvalue weighted by molar-refractivity contribution is 5.93. The molecule has 0 bridgehead atoms. The van der Waals surface area contributed by atoms with Gasteiger partial charge in [-0.25, -0.2) is 15.2 Å². The Balaban J connectivity index is 2.03. The Labute approximate surface area is 122 Å². The summed E-state index contributed by atoms with van der Waals surface area (Å²) in [7, 11) is 0. The van der Waals surface area contributed by atoms with E-state index in [2.05, 4.69) is 15.7 Å². The number of rotatable bonds is 4. The van der Waals surface area contributed by atoms with Crippen LogP contribution in [0.15, 0.2) is 30.5 Å². The van der Waals surface area contributed by atoms with Crippen molar-refractivity contribution in [2.45, 2.75) is 20.4 Å². The minimum atomic E-state index is -0.245. The number of carbonyl (C=O) groups excluding carboxylic acids is 1. The number of nitrogens with two attached hydrogens (primary N) is 1. The lowest BCUT2D eigenvalue weighted by Gasteiger charge is -2.09. The van der Waals surface area contributed by atoms with Crippen LogP contribution in [0.3, 0.4) is 0 Å². The Hall–Kier alpha value is -2.47. The highest BCUT2D eigenvalue weighted by Gasteiger charge is 2.08. The van der Waals surface area contributed by atoms with Crippen molar-refractivity contribution in [3.8, 4) is 0 Å². The molecule has 0 radical (unpaired) electrons. The van der Waals surface area contributed by atoms with Crippen LogP contribution in [0, 0.1) is 19.7 Å². The molecule has 0 aliphatic rings. The van der Waals surface area contributed by atoms with Crippen molar-refractivity contribution >= 4 is 11.7 Å². The van der Waals surface area contributed by atoms with Crippen LogP contribution in [-0.2, 0) is 6.54 Å². The Morgan fingerprint density at radius 1 is 1.29 bits per heavy atom. The van der Waals surface area contributed by atoms with Crippen LogP contribution in [0.2, 0.25) is 0 Å². The zero-order valence-electron chi connectivity index (χ0n) is 11.9. The molecule has 1 amide bonds. The molecule has 0 aliphatic carbocycles. The maximum absolute atomic E-state index is 13.5. The van der Waals surface area contributed by atoms with E-state index in [1.807, 2.05) is 0 Å². The van der Waals surface area contributed by atoms with E-state index >= 15 is 0 Å². The summed E-state index contributed by atoms with van der Waals surface area (Å²) in [5.41, 5.74) is 4.82. The van der Waals surface area contributed by atoms with Gasteiger partial charge in [-0.05, 0) is 42.7 Å². The number of benzene rings is 1. The van der Waals surface area contributed by atoms with Gasteiger partial charge in [0.1, 0.15) is 11.6 Å². The van der Waals surface area contributed by atoms with E-state index in [-0.39, 0.29) is 11.7 Å². The number of nitrogen functional groups attached to an aromatic ring is 1. The molecule has 0 fully saturated rings. The lowest BCUT2D eigenvalue weighted by atomic mass is 10.1. The first-order valence-corrected chi connectivity index (χ1v) is 6.47. The van der Waals surface area contributed by atoms with Crippen LogP contribution >= 0.6 is 0 Å². The number of amides is 1. The van der Waals surface area contributed by atoms with Crippen molar-refractivity contribution in [2.75, 3.05) is 5.43 Å². The molecule has 0 saturated carbocycles. The van der Waals surface area contributed by atoms with Gasteiger partial charge in [0.25, 0.3) is 5.91 Å². The summed E-state index contributed by atoms with van der Waals surface area (Å²) in [4.78, 5) is 15.9. The van der Waals surface area contributed by atoms with Gasteiger partial charge in [-0.2, -0.15) is 0 Å². The molecule has 1 heterocycles. The van der Waals surface area contributed by atoms with E-state index in [0.29, 0.717) is 29.1 Å². The molecule has 5 nitrogen and oxygen atoms in total. The van der Waals surface area contributed by atoms with Gasteiger partial charge in [-0.1, -0.05) is 12.1 Å². The van der Waals surface area contributed by atoms with Gasteiger partial charge in [0.2, 0.25) is 0 Å². The van der Waals surface area contributed by atoms with Crippen LogP contribution < -0.4 is 16.6 Å². The van der Waals surface area contributed by atoms with E-state index in [0.717, 1.165) is 5.56 Å². The quantitative estimate of drug-likeness (QED) is 0.594.